The molecule has 2 nitrogen and oxygen atoms in total. The molecule has 0 aromatic heterocycles. The molecule has 0 aliphatic rings. The first-order valence-corrected chi connectivity index (χ1v) is 6.59. The highest BCUT2D eigenvalue weighted by Crippen LogP contribution is 2.33. The largest absolute Gasteiger partial charge is 0.398 e. The molecule has 0 atom stereocenters. The fourth-order valence-electron chi connectivity index (χ4n) is 1.47. The van der Waals surface area contributed by atoms with Crippen LogP contribution in [0.1, 0.15) is 17.3 Å². The van der Waals surface area contributed by atoms with Crippen molar-refractivity contribution in [3.05, 3.63) is 53.1 Å². The van der Waals surface area contributed by atoms with Crippen molar-refractivity contribution in [2.45, 2.75) is 16.7 Å². The summed E-state index contributed by atoms with van der Waals surface area (Å²) in [5, 5.41) is 0.699. The quantitative estimate of drug-likeness (QED) is 0.673. The molecule has 0 saturated heterocycles. The van der Waals surface area contributed by atoms with E-state index in [9.17, 15) is 4.79 Å². The number of halogens is 1. The van der Waals surface area contributed by atoms with Crippen molar-refractivity contribution in [3.8, 4) is 0 Å². The lowest BCUT2D eigenvalue weighted by atomic mass is 10.1. The summed E-state index contributed by atoms with van der Waals surface area (Å²) in [6.45, 7) is 1.54. The number of hydrogen-bond donors (Lipinski definition) is 1. The fourth-order valence-corrected chi connectivity index (χ4v) is 2.50. The van der Waals surface area contributed by atoms with E-state index in [4.69, 9.17) is 17.3 Å². The SMILES string of the molecule is CC(=O)c1ccc(N)c(Sc2ccc(Cl)cc2)c1. The Kier molecular flexibility index (Phi) is 3.94. The van der Waals surface area contributed by atoms with E-state index in [1.165, 1.54) is 11.8 Å². The predicted octanol–water partition coefficient (Wildman–Crippen LogP) is 4.28. The number of carbonyl (C=O) groups is 1. The molecule has 92 valence electrons. The number of Topliss-reactive ketones (excluding diaryl/α,β-unsaturated/α-hetero) is 1. The minimum Gasteiger partial charge on any atom is -0.398 e. The molecule has 2 rings (SSSR count). The van der Waals surface area contributed by atoms with Crippen molar-refractivity contribution in [3.63, 3.8) is 0 Å². The summed E-state index contributed by atoms with van der Waals surface area (Å²) < 4.78 is 0. The zero-order valence-electron chi connectivity index (χ0n) is 9.81. The second-order valence-corrected chi connectivity index (χ2v) is 5.42. The van der Waals surface area contributed by atoms with Gasteiger partial charge >= 0.3 is 0 Å². The maximum absolute atomic E-state index is 11.3. The Labute approximate surface area is 115 Å². The molecular weight excluding hydrogens is 266 g/mol. The molecule has 0 saturated carbocycles. The molecule has 2 aromatic carbocycles. The Hall–Kier alpha value is -1.45. The van der Waals surface area contributed by atoms with E-state index in [0.717, 1.165) is 9.79 Å². The van der Waals surface area contributed by atoms with Gasteiger partial charge in [-0.05, 0) is 49.4 Å². The normalized spacial score (nSPS) is 10.3. The highest BCUT2D eigenvalue weighted by atomic mass is 35.5. The van der Waals surface area contributed by atoms with Crippen LogP contribution in [0.3, 0.4) is 0 Å². The second kappa shape index (κ2) is 5.46. The molecule has 0 amide bonds. The fraction of sp³-hybridized carbons (Fsp3) is 0.0714. The highest BCUT2D eigenvalue weighted by Gasteiger charge is 2.06. The van der Waals surface area contributed by atoms with Crippen LogP contribution >= 0.6 is 23.4 Å². The number of ketones is 1. The number of nitrogens with two attached hydrogens (primary N) is 1. The number of nitrogen functional groups attached to an aromatic ring is 1. The topological polar surface area (TPSA) is 43.1 Å². The van der Waals surface area contributed by atoms with Crippen LogP contribution in [-0.2, 0) is 0 Å². The minimum atomic E-state index is 0.0351. The van der Waals surface area contributed by atoms with Crippen molar-refractivity contribution in [1.82, 2.24) is 0 Å². The number of carbonyl (C=O) groups excluding carboxylic acids is 1. The summed E-state index contributed by atoms with van der Waals surface area (Å²) >= 11 is 7.35. The van der Waals surface area contributed by atoms with Gasteiger partial charge in [0.15, 0.2) is 5.78 Å². The summed E-state index contributed by atoms with van der Waals surface area (Å²) in [7, 11) is 0. The van der Waals surface area contributed by atoms with E-state index in [0.29, 0.717) is 16.3 Å². The number of anilines is 1. The lowest BCUT2D eigenvalue weighted by Crippen LogP contribution is -1.95. The highest BCUT2D eigenvalue weighted by molar-refractivity contribution is 7.99. The summed E-state index contributed by atoms with van der Waals surface area (Å²) in [5.41, 5.74) is 7.24. The van der Waals surface area contributed by atoms with Crippen molar-refractivity contribution < 1.29 is 4.79 Å². The molecule has 2 aromatic rings. The van der Waals surface area contributed by atoms with Crippen LogP contribution in [0.15, 0.2) is 52.3 Å². The standard InChI is InChI=1S/C14H12ClNOS/c1-9(17)10-2-7-13(16)14(8-10)18-12-5-3-11(15)4-6-12/h2-8H,16H2,1H3. The van der Waals surface area contributed by atoms with Crippen molar-refractivity contribution in [1.29, 1.82) is 0 Å². The molecule has 0 spiro atoms. The van der Waals surface area contributed by atoms with Crippen molar-refractivity contribution in [2.75, 3.05) is 5.73 Å². The molecular formula is C14H12ClNOS. The smallest absolute Gasteiger partial charge is 0.159 e. The van der Waals surface area contributed by atoms with Gasteiger partial charge in [-0.3, -0.25) is 4.79 Å². The van der Waals surface area contributed by atoms with Gasteiger partial charge in [0.05, 0.1) is 0 Å². The molecule has 0 bridgehead atoms. The zero-order valence-corrected chi connectivity index (χ0v) is 11.4. The Morgan fingerprint density at radius 2 is 1.83 bits per heavy atom. The summed E-state index contributed by atoms with van der Waals surface area (Å²) in [4.78, 5) is 13.3. The van der Waals surface area contributed by atoms with Crippen LogP contribution in [0.4, 0.5) is 5.69 Å². The van der Waals surface area contributed by atoms with Gasteiger partial charge in [0.25, 0.3) is 0 Å². The van der Waals surface area contributed by atoms with E-state index in [2.05, 4.69) is 0 Å². The average Bonchev–Trinajstić information content (AvgIpc) is 2.34. The summed E-state index contributed by atoms with van der Waals surface area (Å²) in [6, 6.07) is 12.8. The Morgan fingerprint density at radius 3 is 2.44 bits per heavy atom. The van der Waals surface area contributed by atoms with Crippen molar-refractivity contribution in [2.24, 2.45) is 0 Å². The van der Waals surface area contributed by atoms with Crippen LogP contribution < -0.4 is 5.73 Å². The molecule has 2 N–H and O–H groups in total. The molecule has 4 heteroatoms. The predicted molar refractivity (Wildman–Crippen MR) is 76.4 cm³/mol. The third-order valence-corrected chi connectivity index (χ3v) is 3.79. The van der Waals surface area contributed by atoms with Gasteiger partial charge in [0, 0.05) is 26.1 Å². The van der Waals surface area contributed by atoms with E-state index in [1.54, 1.807) is 19.1 Å². The first-order valence-electron chi connectivity index (χ1n) is 5.40. The van der Waals surface area contributed by atoms with Gasteiger partial charge in [-0.2, -0.15) is 0 Å². The maximum Gasteiger partial charge on any atom is 0.159 e. The molecule has 0 aliphatic carbocycles. The summed E-state index contributed by atoms with van der Waals surface area (Å²) in [6.07, 6.45) is 0. The van der Waals surface area contributed by atoms with Gasteiger partial charge in [-0.1, -0.05) is 23.4 Å². The van der Waals surface area contributed by atoms with Gasteiger partial charge in [0.2, 0.25) is 0 Å². The summed E-state index contributed by atoms with van der Waals surface area (Å²) in [5.74, 6) is 0.0351. The number of hydrogen-bond acceptors (Lipinski definition) is 3. The van der Waals surface area contributed by atoms with E-state index >= 15 is 0 Å². The van der Waals surface area contributed by atoms with Gasteiger partial charge in [0.1, 0.15) is 0 Å². The van der Waals surface area contributed by atoms with Crippen LogP contribution in [0.2, 0.25) is 5.02 Å². The van der Waals surface area contributed by atoms with Crippen LogP contribution in [0.5, 0.6) is 0 Å². The lowest BCUT2D eigenvalue weighted by molar-refractivity contribution is 0.101. The first kappa shape index (κ1) is 13.0. The first-order chi connectivity index (χ1) is 8.56. The van der Waals surface area contributed by atoms with Crippen LogP contribution in [0, 0.1) is 0 Å². The molecule has 0 fully saturated rings. The van der Waals surface area contributed by atoms with Gasteiger partial charge < -0.3 is 5.73 Å². The second-order valence-electron chi connectivity index (χ2n) is 3.86. The van der Waals surface area contributed by atoms with Crippen molar-refractivity contribution >= 4 is 34.8 Å². The lowest BCUT2D eigenvalue weighted by Gasteiger charge is -2.07. The molecule has 0 radical (unpaired) electrons. The third kappa shape index (κ3) is 3.06. The Bertz CT molecular complexity index is 581. The third-order valence-electron chi connectivity index (χ3n) is 2.46. The van der Waals surface area contributed by atoms with E-state index in [-0.39, 0.29) is 5.78 Å². The van der Waals surface area contributed by atoms with E-state index in [1.807, 2.05) is 30.3 Å². The van der Waals surface area contributed by atoms with Crippen LogP contribution in [0.25, 0.3) is 0 Å². The monoisotopic (exact) mass is 277 g/mol. The van der Waals surface area contributed by atoms with Gasteiger partial charge in [-0.15, -0.1) is 0 Å². The Morgan fingerprint density at radius 1 is 1.17 bits per heavy atom. The Balaban J connectivity index is 2.30. The minimum absolute atomic E-state index is 0.0351. The zero-order chi connectivity index (χ0) is 13.1. The number of benzene rings is 2. The number of rotatable bonds is 3. The maximum atomic E-state index is 11.3. The molecule has 0 aliphatic heterocycles. The molecule has 18 heavy (non-hydrogen) atoms. The van der Waals surface area contributed by atoms with Crippen LogP contribution in [-0.4, -0.2) is 5.78 Å². The van der Waals surface area contributed by atoms with Gasteiger partial charge in [-0.25, -0.2) is 0 Å². The molecule has 0 heterocycles. The van der Waals surface area contributed by atoms with E-state index < -0.39 is 0 Å². The molecule has 0 unspecified atom stereocenters. The average molecular weight is 278 g/mol.